The van der Waals surface area contributed by atoms with Crippen molar-refractivity contribution in [1.82, 2.24) is 0 Å². The molecule has 1 aromatic carbocycles. The van der Waals surface area contributed by atoms with Crippen LogP contribution in [0.1, 0.15) is 44.6 Å². The maximum absolute atomic E-state index is 11.7. The third-order valence-corrected chi connectivity index (χ3v) is 4.63. The van der Waals surface area contributed by atoms with Crippen molar-refractivity contribution in [3.8, 4) is 5.75 Å². The topological polar surface area (TPSA) is 61.8 Å². The van der Waals surface area contributed by atoms with Gasteiger partial charge in [-0.3, -0.25) is 4.79 Å². The third-order valence-electron chi connectivity index (χ3n) is 3.68. The van der Waals surface area contributed by atoms with E-state index in [-0.39, 0.29) is 12.6 Å². The van der Waals surface area contributed by atoms with Gasteiger partial charge in [0.05, 0.1) is 13.0 Å². The number of esters is 2. The summed E-state index contributed by atoms with van der Waals surface area (Å²) in [7, 11) is 0. The molecule has 0 aliphatic carbocycles. The van der Waals surface area contributed by atoms with Crippen LogP contribution < -0.4 is 4.74 Å². The first kappa shape index (κ1) is 23.1. The highest BCUT2D eigenvalue weighted by Gasteiger charge is 2.04. The van der Waals surface area contributed by atoms with Gasteiger partial charge in [-0.2, -0.15) is 11.8 Å². The Kier molecular flexibility index (Phi) is 12.9. The lowest BCUT2D eigenvalue weighted by Crippen LogP contribution is -2.07. The summed E-state index contributed by atoms with van der Waals surface area (Å²) in [5.41, 5.74) is 0.936. The summed E-state index contributed by atoms with van der Waals surface area (Å²) in [6, 6.07) is 7.64. The highest BCUT2D eigenvalue weighted by molar-refractivity contribution is 7.99. The van der Waals surface area contributed by atoms with E-state index in [0.29, 0.717) is 24.5 Å². The Morgan fingerprint density at radius 3 is 2.52 bits per heavy atom. The normalized spacial score (nSPS) is 10.3. The van der Waals surface area contributed by atoms with Crippen LogP contribution in [0.5, 0.6) is 5.75 Å². The summed E-state index contributed by atoms with van der Waals surface area (Å²) in [5, 5.41) is 0. The Balaban J connectivity index is 2.09. The van der Waals surface area contributed by atoms with Gasteiger partial charge in [0.15, 0.2) is 0 Å². The number of hydrogen-bond acceptors (Lipinski definition) is 6. The van der Waals surface area contributed by atoms with Crippen molar-refractivity contribution in [2.24, 2.45) is 0 Å². The SMILES string of the molecule is C=CC(=O)OCCSCCC(=O)OCc1ccc(OCCCCCC)cc1. The zero-order chi connectivity index (χ0) is 19.7. The molecule has 0 heterocycles. The predicted octanol–water partition coefficient (Wildman–Crippen LogP) is 4.54. The lowest BCUT2D eigenvalue weighted by Gasteiger charge is -2.08. The Morgan fingerprint density at radius 2 is 1.81 bits per heavy atom. The second kappa shape index (κ2) is 15.1. The van der Waals surface area contributed by atoms with Crippen LogP contribution in [0, 0.1) is 0 Å². The Bertz CT molecular complexity index is 556. The lowest BCUT2D eigenvalue weighted by atomic mass is 10.2. The van der Waals surface area contributed by atoms with Crippen LogP contribution in [0.25, 0.3) is 0 Å². The van der Waals surface area contributed by atoms with E-state index >= 15 is 0 Å². The standard InChI is InChI=1S/C21H30O5S/c1-3-5-6-7-13-24-19-10-8-18(9-11-19)17-26-21(23)12-15-27-16-14-25-20(22)4-2/h4,8-11H,2-3,5-7,12-17H2,1H3. The van der Waals surface area contributed by atoms with Crippen molar-refractivity contribution in [3.63, 3.8) is 0 Å². The van der Waals surface area contributed by atoms with E-state index in [4.69, 9.17) is 14.2 Å². The molecule has 0 N–H and O–H groups in total. The number of carbonyl (C=O) groups is 2. The minimum absolute atomic E-state index is 0.234. The van der Waals surface area contributed by atoms with Crippen LogP contribution in [-0.4, -0.2) is 36.7 Å². The molecule has 1 aromatic rings. The second-order valence-corrected chi connectivity index (χ2v) is 7.17. The van der Waals surface area contributed by atoms with E-state index in [9.17, 15) is 9.59 Å². The van der Waals surface area contributed by atoms with E-state index in [2.05, 4.69) is 13.5 Å². The van der Waals surface area contributed by atoms with Crippen molar-refractivity contribution in [2.45, 2.75) is 45.6 Å². The number of thioether (sulfide) groups is 1. The van der Waals surface area contributed by atoms with E-state index in [1.165, 1.54) is 19.3 Å². The predicted molar refractivity (Wildman–Crippen MR) is 109 cm³/mol. The number of benzene rings is 1. The fraction of sp³-hybridized carbons (Fsp3) is 0.524. The van der Waals surface area contributed by atoms with Gasteiger partial charge < -0.3 is 14.2 Å². The molecule has 0 saturated carbocycles. The Morgan fingerprint density at radius 1 is 1.04 bits per heavy atom. The van der Waals surface area contributed by atoms with E-state index in [1.54, 1.807) is 11.8 Å². The summed E-state index contributed by atoms with van der Waals surface area (Å²) >= 11 is 1.54. The van der Waals surface area contributed by atoms with Crippen molar-refractivity contribution >= 4 is 23.7 Å². The molecule has 0 fully saturated rings. The molecule has 27 heavy (non-hydrogen) atoms. The summed E-state index contributed by atoms with van der Waals surface area (Å²) in [6.45, 7) is 6.82. The van der Waals surface area contributed by atoms with Gasteiger partial charge in [0, 0.05) is 17.6 Å². The maximum atomic E-state index is 11.7. The fourth-order valence-electron chi connectivity index (χ4n) is 2.15. The van der Waals surface area contributed by atoms with Gasteiger partial charge in [0.2, 0.25) is 0 Å². The first-order chi connectivity index (χ1) is 13.2. The monoisotopic (exact) mass is 394 g/mol. The summed E-state index contributed by atoms with van der Waals surface area (Å²) in [5.74, 6) is 1.46. The molecule has 5 nitrogen and oxygen atoms in total. The van der Waals surface area contributed by atoms with Gasteiger partial charge in [-0.05, 0) is 24.1 Å². The quantitative estimate of drug-likeness (QED) is 0.247. The van der Waals surface area contributed by atoms with Crippen LogP contribution in [0.3, 0.4) is 0 Å². The van der Waals surface area contributed by atoms with Crippen molar-refractivity contribution in [2.75, 3.05) is 24.7 Å². The van der Waals surface area contributed by atoms with Crippen molar-refractivity contribution in [3.05, 3.63) is 42.5 Å². The minimum atomic E-state index is -0.428. The van der Waals surface area contributed by atoms with Gasteiger partial charge >= 0.3 is 11.9 Å². The van der Waals surface area contributed by atoms with E-state index < -0.39 is 5.97 Å². The average Bonchev–Trinajstić information content (AvgIpc) is 2.69. The molecule has 0 aliphatic heterocycles. The molecule has 0 radical (unpaired) electrons. The molecule has 6 heteroatoms. The van der Waals surface area contributed by atoms with Gasteiger partial charge in [0.1, 0.15) is 19.0 Å². The van der Waals surface area contributed by atoms with E-state index in [1.807, 2.05) is 24.3 Å². The molecule has 150 valence electrons. The van der Waals surface area contributed by atoms with Crippen LogP contribution in [0.4, 0.5) is 0 Å². The van der Waals surface area contributed by atoms with Crippen LogP contribution in [-0.2, 0) is 25.7 Å². The fourth-order valence-corrected chi connectivity index (χ4v) is 2.87. The van der Waals surface area contributed by atoms with Crippen LogP contribution in [0.2, 0.25) is 0 Å². The number of hydrogen-bond donors (Lipinski definition) is 0. The summed E-state index contributed by atoms with van der Waals surface area (Å²) in [6.07, 6.45) is 6.20. The van der Waals surface area contributed by atoms with Gasteiger partial charge in [0.25, 0.3) is 0 Å². The molecule has 0 atom stereocenters. The molecule has 0 amide bonds. The first-order valence-electron chi connectivity index (χ1n) is 9.40. The van der Waals surface area contributed by atoms with Crippen LogP contribution >= 0.6 is 11.8 Å². The number of unbranched alkanes of at least 4 members (excludes halogenated alkanes) is 3. The molecule has 0 aliphatic rings. The van der Waals surface area contributed by atoms with Crippen molar-refractivity contribution < 1.29 is 23.8 Å². The van der Waals surface area contributed by atoms with Crippen LogP contribution in [0.15, 0.2) is 36.9 Å². The average molecular weight is 395 g/mol. The molecular weight excluding hydrogens is 364 g/mol. The highest BCUT2D eigenvalue weighted by Crippen LogP contribution is 2.14. The number of rotatable bonds is 15. The third kappa shape index (κ3) is 12.1. The second-order valence-electron chi connectivity index (χ2n) is 5.95. The molecule has 0 spiro atoms. The molecule has 0 aromatic heterocycles. The zero-order valence-corrected chi connectivity index (χ0v) is 16.9. The number of carbonyl (C=O) groups excluding carboxylic acids is 2. The maximum Gasteiger partial charge on any atom is 0.330 e. The molecule has 0 unspecified atom stereocenters. The molecule has 0 bridgehead atoms. The van der Waals surface area contributed by atoms with Crippen molar-refractivity contribution in [1.29, 1.82) is 0 Å². The largest absolute Gasteiger partial charge is 0.494 e. The number of ether oxygens (including phenoxy) is 3. The first-order valence-corrected chi connectivity index (χ1v) is 10.6. The van der Waals surface area contributed by atoms with Gasteiger partial charge in [-0.25, -0.2) is 4.79 Å². The Hall–Kier alpha value is -1.95. The minimum Gasteiger partial charge on any atom is -0.494 e. The zero-order valence-electron chi connectivity index (χ0n) is 16.1. The lowest BCUT2D eigenvalue weighted by molar-refractivity contribution is -0.144. The molecule has 0 saturated heterocycles. The highest BCUT2D eigenvalue weighted by atomic mass is 32.2. The molecular formula is C21H30O5S. The summed E-state index contributed by atoms with van der Waals surface area (Å²) < 4.78 is 15.8. The van der Waals surface area contributed by atoms with Gasteiger partial charge in [-0.15, -0.1) is 0 Å². The smallest absolute Gasteiger partial charge is 0.330 e. The van der Waals surface area contributed by atoms with E-state index in [0.717, 1.165) is 30.4 Å². The molecule has 1 rings (SSSR count). The Labute approximate surface area is 166 Å². The summed E-state index contributed by atoms with van der Waals surface area (Å²) in [4.78, 5) is 22.6. The van der Waals surface area contributed by atoms with Gasteiger partial charge in [-0.1, -0.05) is 44.9 Å².